The van der Waals surface area contributed by atoms with Gasteiger partial charge in [-0.2, -0.15) is 0 Å². The molecule has 0 rings (SSSR count). The summed E-state index contributed by atoms with van der Waals surface area (Å²) < 4.78 is 0. The second kappa shape index (κ2) is 21.9. The molecule has 0 atom stereocenters. The SMILES string of the molecule is O.O=C([O-])C(=O)O.O=C([O-])C(=O)O.[Cu].[K+].[K+]. The van der Waals surface area contributed by atoms with E-state index in [-0.39, 0.29) is 125 Å². The maximum Gasteiger partial charge on any atom is 1.00 e. The second-order valence-corrected chi connectivity index (χ2v) is 1.19. The minimum atomic E-state index is -2.07. The van der Waals surface area contributed by atoms with Crippen molar-refractivity contribution in [3.05, 3.63) is 0 Å². The molecule has 0 aliphatic rings. The van der Waals surface area contributed by atoms with Crippen molar-refractivity contribution in [1.29, 1.82) is 0 Å². The van der Waals surface area contributed by atoms with Crippen LogP contribution in [0.15, 0.2) is 0 Å². The van der Waals surface area contributed by atoms with Crippen LogP contribution in [0.25, 0.3) is 0 Å². The Morgan fingerprint density at radius 2 is 0.812 bits per heavy atom. The van der Waals surface area contributed by atoms with E-state index in [0.29, 0.717) is 0 Å². The van der Waals surface area contributed by atoms with Gasteiger partial charge in [-0.05, 0) is 0 Å². The maximum atomic E-state index is 9.04. The predicted octanol–water partition coefficient (Wildman–Crippen LogP) is -11.2. The molecule has 12 heteroatoms. The molecule has 0 heterocycles. The molecule has 1 radical (unpaired) electrons. The number of carbonyl (C=O) groups is 4. The Balaban J connectivity index is -0.0000000250. The van der Waals surface area contributed by atoms with E-state index >= 15 is 0 Å². The van der Waals surface area contributed by atoms with Crippen molar-refractivity contribution >= 4 is 23.9 Å². The van der Waals surface area contributed by atoms with E-state index in [1.54, 1.807) is 0 Å². The van der Waals surface area contributed by atoms with E-state index in [1.807, 2.05) is 0 Å². The Labute approximate surface area is 185 Å². The summed E-state index contributed by atoms with van der Waals surface area (Å²) in [5.74, 6) is -8.02. The molecule has 0 amide bonds. The summed E-state index contributed by atoms with van der Waals surface area (Å²) >= 11 is 0. The third-order valence-corrected chi connectivity index (χ3v) is 0.349. The van der Waals surface area contributed by atoms with Crippen LogP contribution in [0.1, 0.15) is 0 Å². The molecule has 0 unspecified atom stereocenters. The molecule has 9 nitrogen and oxygen atoms in total. The molecular weight excluding hydrogens is 334 g/mol. The molecular formula is C4H4CuK2O9. The van der Waals surface area contributed by atoms with Crippen LogP contribution in [0.3, 0.4) is 0 Å². The number of rotatable bonds is 0. The molecule has 0 aromatic carbocycles. The molecule has 0 fully saturated rings. The minimum Gasteiger partial charge on any atom is -0.539 e. The van der Waals surface area contributed by atoms with Gasteiger partial charge < -0.3 is 35.5 Å². The van der Waals surface area contributed by atoms with Gasteiger partial charge in [0, 0.05) is 17.1 Å². The van der Waals surface area contributed by atoms with Gasteiger partial charge in [-0.3, -0.25) is 0 Å². The molecule has 0 aromatic heterocycles. The van der Waals surface area contributed by atoms with Crippen molar-refractivity contribution in [2.45, 2.75) is 0 Å². The molecule has 4 N–H and O–H groups in total. The summed E-state index contributed by atoms with van der Waals surface area (Å²) in [7, 11) is 0. The molecule has 0 aromatic rings. The average Bonchev–Trinajstić information content (AvgIpc) is 1.88. The predicted molar refractivity (Wildman–Crippen MR) is 28.9 cm³/mol. The molecule has 0 spiro atoms. The van der Waals surface area contributed by atoms with E-state index in [9.17, 15) is 0 Å². The largest absolute Gasteiger partial charge is 1.00 e. The van der Waals surface area contributed by atoms with Gasteiger partial charge in [-0.25, -0.2) is 9.59 Å². The van der Waals surface area contributed by atoms with Crippen molar-refractivity contribution in [2.24, 2.45) is 0 Å². The van der Waals surface area contributed by atoms with Crippen molar-refractivity contribution in [1.82, 2.24) is 0 Å². The van der Waals surface area contributed by atoms with Gasteiger partial charge in [0.25, 0.3) is 0 Å². The van der Waals surface area contributed by atoms with Crippen molar-refractivity contribution in [3.8, 4) is 0 Å². The fourth-order valence-electron chi connectivity index (χ4n) is 0. The summed E-state index contributed by atoms with van der Waals surface area (Å²) in [6.45, 7) is 0. The van der Waals surface area contributed by atoms with E-state index in [4.69, 9.17) is 39.6 Å². The topological polar surface area (TPSA) is 186 Å². The molecule has 0 saturated carbocycles. The van der Waals surface area contributed by atoms with Crippen LogP contribution in [0.2, 0.25) is 0 Å². The second-order valence-electron chi connectivity index (χ2n) is 1.19. The van der Waals surface area contributed by atoms with Crippen LogP contribution in [0, 0.1) is 0 Å². The monoisotopic (exact) mass is 337 g/mol. The van der Waals surface area contributed by atoms with Crippen LogP contribution in [0.4, 0.5) is 0 Å². The zero-order valence-electron chi connectivity index (χ0n) is 8.15. The molecule has 16 heavy (non-hydrogen) atoms. The first-order valence-corrected chi connectivity index (χ1v) is 2.17. The van der Waals surface area contributed by atoms with E-state index in [2.05, 4.69) is 0 Å². The molecule has 0 aliphatic carbocycles. The van der Waals surface area contributed by atoms with Gasteiger partial charge in [0.1, 0.15) is 0 Å². The van der Waals surface area contributed by atoms with Gasteiger partial charge in [0.2, 0.25) is 0 Å². The first-order chi connectivity index (χ1) is 5.29. The van der Waals surface area contributed by atoms with Crippen molar-refractivity contribution < 1.29 is 165 Å². The summed E-state index contributed by atoms with van der Waals surface area (Å²) in [5.41, 5.74) is 0. The van der Waals surface area contributed by atoms with Crippen LogP contribution in [-0.4, -0.2) is 39.6 Å². The van der Waals surface area contributed by atoms with Crippen LogP contribution < -0.4 is 113 Å². The van der Waals surface area contributed by atoms with Gasteiger partial charge in [-0.15, -0.1) is 0 Å². The molecule has 87 valence electrons. The first-order valence-electron chi connectivity index (χ1n) is 2.17. The van der Waals surface area contributed by atoms with E-state index in [1.165, 1.54) is 0 Å². The average molecular weight is 338 g/mol. The zero-order valence-corrected chi connectivity index (χ0v) is 15.3. The van der Waals surface area contributed by atoms with Gasteiger partial charge >= 0.3 is 115 Å². The maximum absolute atomic E-state index is 9.04. The number of aliphatic carboxylic acids is 4. The molecule has 0 saturated heterocycles. The summed E-state index contributed by atoms with van der Waals surface area (Å²) in [4.78, 5) is 36.1. The van der Waals surface area contributed by atoms with Gasteiger partial charge in [0.15, 0.2) is 11.9 Å². The van der Waals surface area contributed by atoms with Crippen molar-refractivity contribution in [2.75, 3.05) is 0 Å². The Bertz CT molecular complexity index is 182. The van der Waals surface area contributed by atoms with Gasteiger partial charge in [-0.1, -0.05) is 0 Å². The summed E-state index contributed by atoms with van der Waals surface area (Å²) in [5, 5.41) is 32.6. The number of carboxylic acid groups (broad SMARTS) is 4. The van der Waals surface area contributed by atoms with Crippen LogP contribution in [-0.2, 0) is 36.2 Å². The normalized spacial score (nSPS) is 5.50. The third kappa shape index (κ3) is 36.1. The number of hydrogen-bond donors (Lipinski definition) is 2. The minimum absolute atomic E-state index is 0. The quantitative estimate of drug-likeness (QED) is 0.322. The van der Waals surface area contributed by atoms with E-state index in [0.717, 1.165) is 0 Å². The Morgan fingerprint density at radius 3 is 0.812 bits per heavy atom. The first kappa shape index (κ1) is 36.0. The number of hydrogen-bond acceptors (Lipinski definition) is 6. The fraction of sp³-hybridized carbons (Fsp3) is 0. The summed E-state index contributed by atoms with van der Waals surface area (Å²) in [6, 6.07) is 0. The number of carbonyl (C=O) groups excluding carboxylic acids is 2. The van der Waals surface area contributed by atoms with Gasteiger partial charge in [0.05, 0.1) is 0 Å². The number of carboxylic acids is 4. The fourth-order valence-corrected chi connectivity index (χ4v) is 0. The summed E-state index contributed by atoms with van der Waals surface area (Å²) in [6.07, 6.45) is 0. The standard InChI is InChI=1S/2C2H2O4.Cu.2K.H2O/c2*3-1(4)2(5)6;;;;/h2*(H,3,4)(H,5,6);;;;1H2/q;;;2*+1;/p-2. The smallest absolute Gasteiger partial charge is 0.539 e. The Morgan fingerprint density at radius 1 is 0.750 bits per heavy atom. The van der Waals surface area contributed by atoms with Crippen LogP contribution in [0.5, 0.6) is 0 Å². The Hall–Kier alpha value is 1.63. The van der Waals surface area contributed by atoms with E-state index < -0.39 is 23.9 Å². The van der Waals surface area contributed by atoms with Crippen molar-refractivity contribution in [3.63, 3.8) is 0 Å². The molecule has 0 bridgehead atoms. The zero-order chi connectivity index (χ0) is 10.3. The Kier molecular flexibility index (Phi) is 49.3. The van der Waals surface area contributed by atoms with Crippen LogP contribution >= 0.6 is 0 Å². The molecule has 0 aliphatic heterocycles. The third-order valence-electron chi connectivity index (χ3n) is 0.349.